The van der Waals surface area contributed by atoms with Crippen molar-refractivity contribution in [3.63, 3.8) is 0 Å². The number of nitrogens with one attached hydrogen (secondary N) is 1. The number of carbonyl (C=O) groups excluding carboxylic acids is 1. The third-order valence-electron chi connectivity index (χ3n) is 3.87. The number of halogens is 1. The quantitative estimate of drug-likeness (QED) is 0.811. The van der Waals surface area contributed by atoms with Gasteiger partial charge in [-0.25, -0.2) is 17.6 Å². The fourth-order valence-corrected chi connectivity index (χ4v) is 4.19. The average molecular weight is 382 g/mol. The van der Waals surface area contributed by atoms with E-state index < -0.39 is 27.7 Å². The molecule has 1 amide bonds. The number of amides is 1. The number of carboxylic acid groups (broad SMARTS) is 1. The minimum Gasteiger partial charge on any atom is -0.475 e. The summed E-state index contributed by atoms with van der Waals surface area (Å²) in [5.74, 6) is -3.19. The van der Waals surface area contributed by atoms with Crippen molar-refractivity contribution in [3.8, 4) is 0 Å². The van der Waals surface area contributed by atoms with Crippen molar-refractivity contribution in [2.45, 2.75) is 13.0 Å². The molecule has 1 aliphatic heterocycles. The van der Waals surface area contributed by atoms with Gasteiger partial charge in [0.2, 0.25) is 15.8 Å². The number of furan rings is 1. The van der Waals surface area contributed by atoms with Crippen LogP contribution in [0.3, 0.4) is 0 Å². The van der Waals surface area contributed by atoms with Gasteiger partial charge in [-0.1, -0.05) is 6.07 Å². The fraction of sp³-hybridized carbons (Fsp3) is 0.250. The van der Waals surface area contributed by atoms with Gasteiger partial charge in [0.1, 0.15) is 5.82 Å². The van der Waals surface area contributed by atoms with E-state index in [0.717, 1.165) is 16.4 Å². The van der Waals surface area contributed by atoms with E-state index in [-0.39, 0.29) is 36.1 Å². The van der Waals surface area contributed by atoms with Gasteiger partial charge in [-0.3, -0.25) is 9.10 Å². The van der Waals surface area contributed by atoms with E-state index in [0.29, 0.717) is 12.0 Å². The molecule has 1 fully saturated rings. The molecule has 8 nitrogen and oxygen atoms in total. The number of benzene rings is 1. The standard InChI is InChI=1S/C16H15FN2O6S/c17-11-8-10(2-3-12(11)19-6-1-7-26(19,23)24)9-18-15(20)13-4-5-14(25-13)16(21)22/h2-5,8H,1,6-7,9H2,(H,18,20)(H,21,22). The lowest BCUT2D eigenvalue weighted by Gasteiger charge is -2.18. The number of sulfonamides is 1. The summed E-state index contributed by atoms with van der Waals surface area (Å²) in [5.41, 5.74) is 0.399. The molecular weight excluding hydrogens is 367 g/mol. The maximum atomic E-state index is 14.3. The summed E-state index contributed by atoms with van der Waals surface area (Å²) in [6.45, 7) is 0.200. The predicted octanol–water partition coefficient (Wildman–Crippen LogP) is 1.59. The van der Waals surface area contributed by atoms with Crippen LogP contribution in [0.5, 0.6) is 0 Å². The molecule has 1 aromatic carbocycles. The molecule has 0 spiro atoms. The van der Waals surface area contributed by atoms with Crippen molar-refractivity contribution in [2.75, 3.05) is 16.6 Å². The molecule has 0 aliphatic carbocycles. The highest BCUT2D eigenvalue weighted by Crippen LogP contribution is 2.27. The molecule has 1 aliphatic rings. The Morgan fingerprint density at radius 2 is 1.96 bits per heavy atom. The van der Waals surface area contributed by atoms with E-state index >= 15 is 0 Å². The maximum absolute atomic E-state index is 14.3. The Balaban J connectivity index is 1.68. The topological polar surface area (TPSA) is 117 Å². The van der Waals surface area contributed by atoms with Crippen LogP contribution in [-0.2, 0) is 16.6 Å². The second-order valence-corrected chi connectivity index (χ2v) is 7.69. The lowest BCUT2D eigenvalue weighted by atomic mass is 10.2. The van der Waals surface area contributed by atoms with Gasteiger partial charge in [-0.2, -0.15) is 0 Å². The first-order chi connectivity index (χ1) is 12.3. The molecule has 26 heavy (non-hydrogen) atoms. The van der Waals surface area contributed by atoms with Gasteiger partial charge in [0.05, 0.1) is 11.4 Å². The monoisotopic (exact) mass is 382 g/mol. The van der Waals surface area contributed by atoms with Gasteiger partial charge < -0.3 is 14.8 Å². The Bertz CT molecular complexity index is 969. The lowest BCUT2D eigenvalue weighted by molar-refractivity contribution is 0.0659. The molecule has 2 heterocycles. The summed E-state index contributed by atoms with van der Waals surface area (Å²) >= 11 is 0. The number of anilines is 1. The van der Waals surface area contributed by atoms with Crippen molar-refractivity contribution in [2.24, 2.45) is 0 Å². The van der Waals surface area contributed by atoms with Crippen LogP contribution in [0, 0.1) is 5.82 Å². The van der Waals surface area contributed by atoms with Gasteiger partial charge in [-0.15, -0.1) is 0 Å². The Morgan fingerprint density at radius 3 is 2.54 bits per heavy atom. The molecule has 0 saturated carbocycles. The van der Waals surface area contributed by atoms with Crippen molar-refractivity contribution in [3.05, 3.63) is 53.2 Å². The summed E-state index contributed by atoms with van der Waals surface area (Å²) in [6, 6.07) is 6.39. The van der Waals surface area contributed by atoms with Crippen LogP contribution in [0.2, 0.25) is 0 Å². The van der Waals surface area contributed by atoms with Gasteiger partial charge in [0, 0.05) is 13.1 Å². The maximum Gasteiger partial charge on any atom is 0.371 e. The van der Waals surface area contributed by atoms with Crippen LogP contribution in [0.1, 0.15) is 33.1 Å². The van der Waals surface area contributed by atoms with Crippen LogP contribution < -0.4 is 9.62 Å². The Hall–Kier alpha value is -2.88. The summed E-state index contributed by atoms with van der Waals surface area (Å²) in [7, 11) is -3.48. The molecule has 2 aromatic rings. The molecule has 1 saturated heterocycles. The normalized spacial score (nSPS) is 15.8. The number of nitrogens with zero attached hydrogens (tertiary/aromatic N) is 1. The highest BCUT2D eigenvalue weighted by molar-refractivity contribution is 7.93. The summed E-state index contributed by atoms with van der Waals surface area (Å²) < 4.78 is 43.9. The van der Waals surface area contributed by atoms with Crippen LogP contribution in [0.4, 0.5) is 10.1 Å². The summed E-state index contributed by atoms with van der Waals surface area (Å²) in [6.07, 6.45) is 0.445. The SMILES string of the molecule is O=C(O)c1ccc(C(=O)NCc2ccc(N3CCCS3(=O)=O)c(F)c2)o1. The third kappa shape index (κ3) is 3.54. The van der Waals surface area contributed by atoms with E-state index in [1.165, 1.54) is 18.2 Å². The smallest absolute Gasteiger partial charge is 0.371 e. The summed E-state index contributed by atoms with van der Waals surface area (Å²) in [4.78, 5) is 22.6. The van der Waals surface area contributed by atoms with Crippen LogP contribution in [0.25, 0.3) is 0 Å². The van der Waals surface area contributed by atoms with Gasteiger partial charge in [0.25, 0.3) is 5.91 Å². The van der Waals surface area contributed by atoms with Crippen LogP contribution in [-0.4, -0.2) is 37.7 Å². The van der Waals surface area contributed by atoms with E-state index in [1.807, 2.05) is 0 Å². The molecule has 0 radical (unpaired) electrons. The fourth-order valence-electron chi connectivity index (χ4n) is 2.62. The zero-order valence-electron chi connectivity index (χ0n) is 13.4. The van der Waals surface area contributed by atoms with E-state index in [9.17, 15) is 22.4 Å². The van der Waals surface area contributed by atoms with Crippen molar-refractivity contribution < 1.29 is 31.9 Å². The second-order valence-electron chi connectivity index (χ2n) is 5.68. The number of aromatic carboxylic acids is 1. The molecular formula is C16H15FN2O6S. The van der Waals surface area contributed by atoms with E-state index in [1.54, 1.807) is 0 Å². The Labute approximate surface area is 148 Å². The molecule has 10 heteroatoms. The molecule has 3 rings (SSSR count). The van der Waals surface area contributed by atoms with Crippen molar-refractivity contribution in [1.29, 1.82) is 0 Å². The highest BCUT2D eigenvalue weighted by Gasteiger charge is 2.30. The number of hydrogen-bond donors (Lipinski definition) is 2. The van der Waals surface area contributed by atoms with Crippen LogP contribution in [0.15, 0.2) is 34.7 Å². The number of carbonyl (C=O) groups is 2. The number of rotatable bonds is 5. The van der Waals surface area contributed by atoms with Crippen LogP contribution >= 0.6 is 0 Å². The molecule has 138 valence electrons. The Morgan fingerprint density at radius 1 is 1.23 bits per heavy atom. The molecule has 1 aromatic heterocycles. The Kier molecular flexibility index (Phi) is 4.68. The lowest BCUT2D eigenvalue weighted by Crippen LogP contribution is -2.26. The zero-order chi connectivity index (χ0) is 18.9. The summed E-state index contributed by atoms with van der Waals surface area (Å²) in [5, 5.41) is 11.2. The average Bonchev–Trinajstić information content (AvgIpc) is 3.19. The number of carboxylic acids is 1. The van der Waals surface area contributed by atoms with E-state index in [2.05, 4.69) is 5.32 Å². The first kappa shape index (κ1) is 17.9. The number of hydrogen-bond acceptors (Lipinski definition) is 5. The molecule has 0 atom stereocenters. The van der Waals surface area contributed by atoms with Gasteiger partial charge >= 0.3 is 5.97 Å². The second kappa shape index (κ2) is 6.79. The molecule has 0 bridgehead atoms. The molecule has 2 N–H and O–H groups in total. The van der Waals surface area contributed by atoms with Gasteiger partial charge in [-0.05, 0) is 36.2 Å². The van der Waals surface area contributed by atoms with Crippen molar-refractivity contribution >= 4 is 27.6 Å². The van der Waals surface area contributed by atoms with E-state index in [4.69, 9.17) is 9.52 Å². The van der Waals surface area contributed by atoms with Gasteiger partial charge in [0.15, 0.2) is 5.76 Å². The van der Waals surface area contributed by atoms with Crippen molar-refractivity contribution in [1.82, 2.24) is 5.32 Å². The minimum absolute atomic E-state index is 0.00821. The highest BCUT2D eigenvalue weighted by atomic mass is 32.2. The zero-order valence-corrected chi connectivity index (χ0v) is 14.3. The predicted molar refractivity (Wildman–Crippen MR) is 89.0 cm³/mol. The largest absolute Gasteiger partial charge is 0.475 e. The first-order valence-electron chi connectivity index (χ1n) is 7.68. The molecule has 0 unspecified atom stereocenters. The third-order valence-corrected chi connectivity index (χ3v) is 5.73. The minimum atomic E-state index is -3.48. The first-order valence-corrected chi connectivity index (χ1v) is 9.29.